The van der Waals surface area contributed by atoms with Gasteiger partial charge in [-0.1, -0.05) is 30.3 Å². The van der Waals surface area contributed by atoms with Gasteiger partial charge in [-0.3, -0.25) is 9.58 Å². The molecule has 12 nitrogen and oxygen atoms in total. The van der Waals surface area contributed by atoms with Crippen molar-refractivity contribution in [3.05, 3.63) is 78.4 Å². The lowest BCUT2D eigenvalue weighted by atomic mass is 9.90. The summed E-state index contributed by atoms with van der Waals surface area (Å²) in [5, 5.41) is 23.7. The van der Waals surface area contributed by atoms with E-state index in [1.54, 1.807) is 28.2 Å². The van der Waals surface area contributed by atoms with Gasteiger partial charge in [0.05, 0.1) is 18.5 Å². The number of pyridine rings is 1. The number of amides is 2. The normalized spacial score (nSPS) is 19.5. The Kier molecular flexibility index (Phi) is 10.00. The molecule has 1 saturated carbocycles. The number of anilines is 3. The molecule has 0 radical (unpaired) electrons. The topological polar surface area (TPSA) is 146 Å². The van der Waals surface area contributed by atoms with Crippen LogP contribution in [0.25, 0.3) is 11.1 Å². The highest BCUT2D eigenvalue weighted by molar-refractivity contribution is 5.91. The number of nitrogens with zero attached hydrogens (tertiary/aromatic N) is 7. The summed E-state index contributed by atoms with van der Waals surface area (Å²) in [5.41, 5.74) is 3.35. The number of aryl methyl sites for hydroxylation is 1. The quantitative estimate of drug-likeness (QED) is 0.216. The molecule has 0 bridgehead atoms. The van der Waals surface area contributed by atoms with E-state index in [2.05, 4.69) is 37.1 Å². The maximum Gasteiger partial charge on any atom is 0.323 e. The average molecular weight is 621 g/mol. The number of hydrogen-bond acceptors (Lipinski definition) is 9. The molecule has 1 aliphatic heterocycles. The van der Waals surface area contributed by atoms with Gasteiger partial charge in [-0.05, 0) is 62.6 Å². The lowest BCUT2D eigenvalue weighted by molar-refractivity contribution is 0.0247. The van der Waals surface area contributed by atoms with Gasteiger partial charge < -0.3 is 20.7 Å². The van der Waals surface area contributed by atoms with Gasteiger partial charge in [-0.15, -0.1) is 0 Å². The summed E-state index contributed by atoms with van der Waals surface area (Å²) in [5.74, 6) is 1.62. The van der Waals surface area contributed by atoms with Crippen molar-refractivity contribution in [3.63, 3.8) is 0 Å². The van der Waals surface area contributed by atoms with Crippen LogP contribution in [0, 0.1) is 11.3 Å². The third-order valence-electron chi connectivity index (χ3n) is 8.61. The van der Waals surface area contributed by atoms with Crippen molar-refractivity contribution in [2.24, 2.45) is 7.05 Å². The fourth-order valence-corrected chi connectivity index (χ4v) is 6.09. The highest BCUT2D eigenvalue weighted by Gasteiger charge is 2.31. The summed E-state index contributed by atoms with van der Waals surface area (Å²) < 4.78 is 7.58. The predicted octanol–water partition coefficient (Wildman–Crippen LogP) is 5.26. The number of nitriles is 1. The van der Waals surface area contributed by atoms with E-state index in [0.29, 0.717) is 36.2 Å². The van der Waals surface area contributed by atoms with Crippen molar-refractivity contribution < 1.29 is 9.53 Å². The second kappa shape index (κ2) is 14.8. The number of carbonyl (C=O) groups is 1. The van der Waals surface area contributed by atoms with Crippen LogP contribution in [-0.2, 0) is 18.3 Å². The van der Waals surface area contributed by atoms with Gasteiger partial charge in [0.25, 0.3) is 0 Å². The zero-order valence-corrected chi connectivity index (χ0v) is 26.1. The first kappa shape index (κ1) is 31.0. The molecule has 2 aliphatic rings. The summed E-state index contributed by atoms with van der Waals surface area (Å²) in [6.07, 6.45) is 13.7. The number of hydrogen-bond donors (Lipinski definition) is 3. The van der Waals surface area contributed by atoms with E-state index in [4.69, 9.17) is 9.72 Å². The summed E-state index contributed by atoms with van der Waals surface area (Å²) in [4.78, 5) is 29.3. The Morgan fingerprint density at radius 1 is 1.02 bits per heavy atom. The van der Waals surface area contributed by atoms with Gasteiger partial charge in [0.2, 0.25) is 5.95 Å². The molecule has 4 heterocycles. The minimum absolute atomic E-state index is 0.0276. The summed E-state index contributed by atoms with van der Waals surface area (Å²) in [6, 6.07) is 15.9. The molecule has 12 heteroatoms. The Morgan fingerprint density at radius 2 is 1.87 bits per heavy atom. The van der Waals surface area contributed by atoms with Crippen LogP contribution < -0.4 is 20.9 Å². The van der Waals surface area contributed by atoms with Crippen LogP contribution in [0.3, 0.4) is 0 Å². The molecule has 1 aromatic carbocycles. The number of rotatable bonds is 10. The highest BCUT2D eigenvalue weighted by Crippen LogP contribution is 2.30. The number of carbonyl (C=O) groups excluding carboxylic acids is 1. The smallest absolute Gasteiger partial charge is 0.323 e. The van der Waals surface area contributed by atoms with E-state index in [-0.39, 0.29) is 24.2 Å². The van der Waals surface area contributed by atoms with Crippen molar-refractivity contribution in [1.29, 1.82) is 5.26 Å². The monoisotopic (exact) mass is 620 g/mol. The van der Waals surface area contributed by atoms with Crippen molar-refractivity contribution in [2.45, 2.75) is 69.7 Å². The third-order valence-corrected chi connectivity index (χ3v) is 8.61. The van der Waals surface area contributed by atoms with Crippen LogP contribution in [0.4, 0.5) is 22.4 Å². The van der Waals surface area contributed by atoms with Gasteiger partial charge in [0.15, 0.2) is 0 Å². The fourth-order valence-electron chi connectivity index (χ4n) is 6.09. The minimum Gasteiger partial charge on any atom is -0.376 e. The Hall–Kier alpha value is -5.02. The molecule has 0 spiro atoms. The van der Waals surface area contributed by atoms with Crippen molar-refractivity contribution in [1.82, 2.24) is 30.0 Å². The fraction of sp³-hybridized carbons (Fsp3) is 0.412. The maximum atomic E-state index is 13.7. The van der Waals surface area contributed by atoms with Gasteiger partial charge >= 0.3 is 6.03 Å². The van der Waals surface area contributed by atoms with Crippen molar-refractivity contribution in [3.8, 4) is 17.2 Å². The van der Waals surface area contributed by atoms with Gasteiger partial charge in [-0.2, -0.15) is 15.3 Å². The van der Waals surface area contributed by atoms with E-state index < -0.39 is 0 Å². The van der Waals surface area contributed by atoms with Crippen LogP contribution in [0.15, 0.2) is 67.3 Å². The lowest BCUT2D eigenvalue weighted by Crippen LogP contribution is -2.49. The van der Waals surface area contributed by atoms with Crippen LogP contribution in [0.5, 0.6) is 0 Å². The largest absolute Gasteiger partial charge is 0.376 e. The van der Waals surface area contributed by atoms with Crippen molar-refractivity contribution >= 4 is 23.6 Å². The molecule has 4 aromatic rings. The zero-order valence-electron chi connectivity index (χ0n) is 26.1. The van der Waals surface area contributed by atoms with E-state index in [1.807, 2.05) is 55.7 Å². The summed E-state index contributed by atoms with van der Waals surface area (Å²) in [7, 11) is 1.88. The molecule has 6 rings (SSSR count). The van der Waals surface area contributed by atoms with Crippen molar-refractivity contribution in [2.75, 3.05) is 28.7 Å². The van der Waals surface area contributed by atoms with Crippen LogP contribution in [0.2, 0.25) is 0 Å². The SMILES string of the molecule is Cn1cc(-c2ccc(N(C(=O)NCc3ccccc3)[C@H]3CC[C@H](Nc4ncc(C#N)c(NCC5CCCCO5)n4)CC3)nc2)cn1. The first-order chi connectivity index (χ1) is 22.6. The molecule has 1 atom stereocenters. The zero-order chi connectivity index (χ0) is 31.7. The van der Waals surface area contributed by atoms with Crippen LogP contribution >= 0.6 is 0 Å². The van der Waals surface area contributed by atoms with E-state index in [9.17, 15) is 10.1 Å². The second-order valence-electron chi connectivity index (χ2n) is 11.9. The van der Waals surface area contributed by atoms with E-state index >= 15 is 0 Å². The Morgan fingerprint density at radius 3 is 2.57 bits per heavy atom. The molecule has 3 N–H and O–H groups in total. The number of ether oxygens (including phenoxy) is 1. The molecule has 3 aromatic heterocycles. The number of urea groups is 1. The predicted molar refractivity (Wildman–Crippen MR) is 176 cm³/mol. The van der Waals surface area contributed by atoms with Gasteiger partial charge in [-0.25, -0.2) is 14.8 Å². The number of aromatic nitrogens is 5. The summed E-state index contributed by atoms with van der Waals surface area (Å²) in [6.45, 7) is 1.81. The molecule has 2 fully saturated rings. The van der Waals surface area contributed by atoms with Gasteiger partial charge in [0, 0.05) is 62.3 Å². The minimum atomic E-state index is -0.171. The molecule has 1 saturated heterocycles. The van der Waals surface area contributed by atoms with E-state index in [0.717, 1.165) is 68.2 Å². The number of nitrogens with one attached hydrogen (secondary N) is 3. The third kappa shape index (κ3) is 7.79. The average Bonchev–Trinajstić information content (AvgIpc) is 3.54. The molecule has 2 amide bonds. The number of benzene rings is 1. The molecule has 1 aliphatic carbocycles. The Balaban J connectivity index is 1.11. The molecular formula is C34H40N10O2. The first-order valence-corrected chi connectivity index (χ1v) is 16.0. The lowest BCUT2D eigenvalue weighted by Gasteiger charge is -2.36. The first-order valence-electron chi connectivity index (χ1n) is 16.0. The molecule has 238 valence electrons. The second-order valence-corrected chi connectivity index (χ2v) is 11.9. The van der Waals surface area contributed by atoms with Gasteiger partial charge in [0.1, 0.15) is 23.3 Å². The van der Waals surface area contributed by atoms with E-state index in [1.165, 1.54) is 0 Å². The van der Waals surface area contributed by atoms with Crippen LogP contribution in [0.1, 0.15) is 56.1 Å². The maximum absolute atomic E-state index is 13.7. The summed E-state index contributed by atoms with van der Waals surface area (Å²) >= 11 is 0. The molecule has 46 heavy (non-hydrogen) atoms. The Bertz CT molecular complexity index is 1620. The van der Waals surface area contributed by atoms with Crippen LogP contribution in [-0.4, -0.2) is 62.1 Å². The standard InChI is InChI=1S/C34H40N10O2/c1-43-23-27(21-40-43)25-10-15-31(36-19-25)44(34(45)39-18-24-7-3-2-4-8-24)29-13-11-28(12-14-29)41-33-38-20-26(17-35)32(42-33)37-22-30-9-5-6-16-46-30/h2-4,7-8,10,15,19-21,23,28-30H,5-6,9,11-14,16,18,22H2,1H3,(H,39,45)(H2,37,38,41,42)/t28-,29-,30?. The highest BCUT2D eigenvalue weighted by atomic mass is 16.5. The molecular weight excluding hydrogens is 580 g/mol. The molecule has 1 unspecified atom stereocenters. The Labute approximate surface area is 269 Å².